The fourth-order valence-corrected chi connectivity index (χ4v) is 1.15. The normalized spacial score (nSPS) is 21.6. The minimum absolute atomic E-state index is 0.271. The van der Waals surface area contributed by atoms with Crippen LogP contribution >= 0.6 is 0 Å². The minimum Gasteiger partial charge on any atom is -0.300 e. The molecular formula is C6H12N2O. The standard InChI is InChI=1S/C6H12N2O/c1-5(9)2-6-3-8(7)4-6/h6H,2-4,7H2,1H3. The number of carbonyl (C=O) groups is 1. The van der Waals surface area contributed by atoms with Crippen molar-refractivity contribution in [1.82, 2.24) is 5.01 Å². The van der Waals surface area contributed by atoms with Crippen molar-refractivity contribution in [2.75, 3.05) is 13.1 Å². The van der Waals surface area contributed by atoms with Crippen LogP contribution in [0.2, 0.25) is 0 Å². The number of rotatable bonds is 2. The highest BCUT2D eigenvalue weighted by molar-refractivity contribution is 5.75. The summed E-state index contributed by atoms with van der Waals surface area (Å²) in [5, 5.41) is 1.73. The Hall–Kier alpha value is -0.410. The summed E-state index contributed by atoms with van der Waals surface area (Å²) in [4.78, 5) is 10.5. The fraction of sp³-hybridized carbons (Fsp3) is 0.833. The van der Waals surface area contributed by atoms with Crippen LogP contribution in [0.5, 0.6) is 0 Å². The quantitative estimate of drug-likeness (QED) is 0.522. The molecule has 2 N–H and O–H groups in total. The molecule has 1 aliphatic rings. The largest absolute Gasteiger partial charge is 0.300 e. The predicted octanol–water partition coefficient (Wildman–Crippen LogP) is -0.229. The Kier molecular flexibility index (Phi) is 1.83. The molecule has 0 atom stereocenters. The maximum atomic E-state index is 10.5. The Morgan fingerprint density at radius 2 is 2.33 bits per heavy atom. The number of nitrogens with zero attached hydrogens (tertiary/aromatic N) is 1. The van der Waals surface area contributed by atoms with Crippen molar-refractivity contribution in [1.29, 1.82) is 0 Å². The minimum atomic E-state index is 0.271. The van der Waals surface area contributed by atoms with Gasteiger partial charge in [-0.05, 0) is 12.8 Å². The predicted molar refractivity (Wildman–Crippen MR) is 34.5 cm³/mol. The Morgan fingerprint density at radius 1 is 1.78 bits per heavy atom. The summed E-state index contributed by atoms with van der Waals surface area (Å²) in [6.45, 7) is 3.40. The average Bonchev–Trinajstić information content (AvgIpc) is 1.60. The monoisotopic (exact) mass is 128 g/mol. The molecular weight excluding hydrogens is 116 g/mol. The molecule has 0 saturated carbocycles. The number of hydrogen-bond acceptors (Lipinski definition) is 3. The van der Waals surface area contributed by atoms with Crippen molar-refractivity contribution in [2.45, 2.75) is 13.3 Å². The maximum Gasteiger partial charge on any atom is 0.130 e. The van der Waals surface area contributed by atoms with Crippen molar-refractivity contribution < 1.29 is 4.79 Å². The van der Waals surface area contributed by atoms with Crippen LogP contribution < -0.4 is 5.84 Å². The highest BCUT2D eigenvalue weighted by Crippen LogP contribution is 2.14. The molecule has 0 unspecified atom stereocenters. The lowest BCUT2D eigenvalue weighted by atomic mass is 9.97. The Labute approximate surface area is 54.8 Å². The van der Waals surface area contributed by atoms with Crippen molar-refractivity contribution >= 4 is 5.78 Å². The lowest BCUT2D eigenvalue weighted by Crippen LogP contribution is -2.51. The number of Topliss-reactive ketones (excluding diaryl/α,β-unsaturated/α-hetero) is 1. The second-order valence-electron chi connectivity index (χ2n) is 2.73. The zero-order valence-corrected chi connectivity index (χ0v) is 5.63. The molecule has 0 aromatic heterocycles. The Bertz CT molecular complexity index is 118. The zero-order chi connectivity index (χ0) is 6.85. The van der Waals surface area contributed by atoms with Gasteiger partial charge in [-0.25, -0.2) is 5.01 Å². The van der Waals surface area contributed by atoms with E-state index in [2.05, 4.69) is 0 Å². The van der Waals surface area contributed by atoms with Crippen LogP contribution in [0.1, 0.15) is 13.3 Å². The Morgan fingerprint density at radius 3 is 2.67 bits per heavy atom. The van der Waals surface area contributed by atoms with Gasteiger partial charge in [0.15, 0.2) is 0 Å². The SMILES string of the molecule is CC(=O)CC1CN(N)C1. The van der Waals surface area contributed by atoms with Crippen molar-refractivity contribution in [3.05, 3.63) is 0 Å². The van der Waals surface area contributed by atoms with E-state index in [1.165, 1.54) is 0 Å². The maximum absolute atomic E-state index is 10.5. The van der Waals surface area contributed by atoms with Crippen LogP contribution in [0.3, 0.4) is 0 Å². The third-order valence-electron chi connectivity index (χ3n) is 1.56. The number of ketones is 1. The first-order valence-electron chi connectivity index (χ1n) is 3.17. The molecule has 0 radical (unpaired) electrons. The first kappa shape index (κ1) is 6.71. The topological polar surface area (TPSA) is 46.3 Å². The molecule has 9 heavy (non-hydrogen) atoms. The zero-order valence-electron chi connectivity index (χ0n) is 5.63. The summed E-state index contributed by atoms with van der Waals surface area (Å²) in [5.74, 6) is 6.17. The van der Waals surface area contributed by atoms with E-state index in [4.69, 9.17) is 5.84 Å². The van der Waals surface area contributed by atoms with Crippen LogP contribution in [-0.4, -0.2) is 23.9 Å². The van der Waals surface area contributed by atoms with Crippen molar-refractivity contribution in [3.8, 4) is 0 Å². The summed E-state index contributed by atoms with van der Waals surface area (Å²) in [6.07, 6.45) is 0.702. The molecule has 0 bridgehead atoms. The highest BCUT2D eigenvalue weighted by atomic mass is 16.1. The summed E-state index contributed by atoms with van der Waals surface area (Å²) in [6, 6.07) is 0. The fourth-order valence-electron chi connectivity index (χ4n) is 1.15. The molecule has 3 nitrogen and oxygen atoms in total. The van der Waals surface area contributed by atoms with E-state index in [0.717, 1.165) is 13.1 Å². The lowest BCUT2D eigenvalue weighted by molar-refractivity contribution is -0.119. The number of carbonyl (C=O) groups excluding carboxylic acids is 1. The van der Waals surface area contributed by atoms with Gasteiger partial charge in [0, 0.05) is 19.5 Å². The molecule has 1 heterocycles. The summed E-state index contributed by atoms with van der Waals surface area (Å²) in [7, 11) is 0. The molecule has 1 fully saturated rings. The van der Waals surface area contributed by atoms with Gasteiger partial charge < -0.3 is 4.79 Å². The molecule has 0 aromatic rings. The molecule has 0 aliphatic carbocycles. The van der Waals surface area contributed by atoms with Gasteiger partial charge in [-0.15, -0.1) is 0 Å². The van der Waals surface area contributed by atoms with E-state index in [9.17, 15) is 4.79 Å². The molecule has 0 aromatic carbocycles. The second-order valence-corrected chi connectivity index (χ2v) is 2.73. The van der Waals surface area contributed by atoms with Gasteiger partial charge >= 0.3 is 0 Å². The first-order valence-corrected chi connectivity index (χ1v) is 3.17. The van der Waals surface area contributed by atoms with Gasteiger partial charge in [0.25, 0.3) is 0 Å². The number of nitrogens with two attached hydrogens (primary N) is 1. The van der Waals surface area contributed by atoms with E-state index in [1.807, 2.05) is 0 Å². The molecule has 1 rings (SSSR count). The average molecular weight is 128 g/mol. The summed E-state index contributed by atoms with van der Waals surface area (Å²) in [5.41, 5.74) is 0. The van der Waals surface area contributed by atoms with Gasteiger partial charge in [-0.3, -0.25) is 5.84 Å². The first-order chi connectivity index (χ1) is 4.18. The molecule has 0 spiro atoms. The molecule has 0 amide bonds. The highest BCUT2D eigenvalue weighted by Gasteiger charge is 2.24. The van der Waals surface area contributed by atoms with Gasteiger partial charge in [0.2, 0.25) is 0 Å². The molecule has 1 saturated heterocycles. The molecule has 3 heteroatoms. The van der Waals surface area contributed by atoms with E-state index < -0.39 is 0 Å². The van der Waals surface area contributed by atoms with E-state index in [0.29, 0.717) is 12.3 Å². The molecule has 1 aliphatic heterocycles. The van der Waals surface area contributed by atoms with Gasteiger partial charge in [-0.1, -0.05) is 0 Å². The number of hydrazine groups is 1. The van der Waals surface area contributed by atoms with Gasteiger partial charge in [-0.2, -0.15) is 0 Å². The van der Waals surface area contributed by atoms with E-state index >= 15 is 0 Å². The van der Waals surface area contributed by atoms with Crippen LogP contribution in [0.25, 0.3) is 0 Å². The number of hydrogen-bond donors (Lipinski definition) is 1. The van der Waals surface area contributed by atoms with Gasteiger partial charge in [0.1, 0.15) is 5.78 Å². The Balaban J connectivity index is 2.11. The third kappa shape index (κ3) is 1.77. The van der Waals surface area contributed by atoms with Crippen molar-refractivity contribution in [3.63, 3.8) is 0 Å². The van der Waals surface area contributed by atoms with E-state index in [-0.39, 0.29) is 5.78 Å². The molecule has 52 valence electrons. The summed E-state index contributed by atoms with van der Waals surface area (Å²) >= 11 is 0. The van der Waals surface area contributed by atoms with Crippen LogP contribution in [-0.2, 0) is 4.79 Å². The van der Waals surface area contributed by atoms with Crippen LogP contribution in [0.15, 0.2) is 0 Å². The second kappa shape index (κ2) is 2.45. The third-order valence-corrected chi connectivity index (χ3v) is 1.56. The summed E-state index contributed by atoms with van der Waals surface area (Å²) < 4.78 is 0. The van der Waals surface area contributed by atoms with Crippen molar-refractivity contribution in [2.24, 2.45) is 11.8 Å². The lowest BCUT2D eigenvalue weighted by Gasteiger charge is -2.34. The van der Waals surface area contributed by atoms with E-state index in [1.54, 1.807) is 11.9 Å². The van der Waals surface area contributed by atoms with Crippen LogP contribution in [0.4, 0.5) is 0 Å². The van der Waals surface area contributed by atoms with Gasteiger partial charge in [0.05, 0.1) is 0 Å². The van der Waals surface area contributed by atoms with Crippen LogP contribution in [0, 0.1) is 5.92 Å². The smallest absolute Gasteiger partial charge is 0.130 e.